The third-order valence-electron chi connectivity index (χ3n) is 16.0. The molecule has 5 aromatic carbocycles. The molecule has 2 aliphatic heterocycles. The Bertz CT molecular complexity index is 4130. The van der Waals surface area contributed by atoms with Gasteiger partial charge in [-0.1, -0.05) is 131 Å². The molecule has 0 fully saturated rings. The highest BCUT2D eigenvalue weighted by Crippen LogP contribution is 2.35. The van der Waals surface area contributed by atoms with Crippen LogP contribution in [0.25, 0.3) is 30.3 Å². The van der Waals surface area contributed by atoms with Crippen molar-refractivity contribution in [2.75, 3.05) is 42.2 Å². The number of nitrogens with one attached hydrogen (secondary N) is 3. The van der Waals surface area contributed by atoms with Gasteiger partial charge in [-0.3, -0.25) is 58.3 Å². The maximum absolute atomic E-state index is 13.5. The predicted molar refractivity (Wildman–Crippen MR) is 386 cm³/mol. The molecule has 2 aliphatic rings. The van der Waals surface area contributed by atoms with Crippen LogP contribution in [0.2, 0.25) is 0 Å². The molecule has 17 nitrogen and oxygen atoms in total. The fourth-order valence-electron chi connectivity index (χ4n) is 11.2. The normalized spacial score (nSPS) is 13.1. The number of rotatable bonds is 20. The third kappa shape index (κ3) is 15.9. The van der Waals surface area contributed by atoms with Gasteiger partial charge < -0.3 is 26.8 Å². The van der Waals surface area contributed by atoms with Crippen LogP contribution in [0.4, 0.5) is 15.0 Å². The minimum Gasteiger partial charge on any atom is -0.396 e. The Morgan fingerprint density at radius 3 is 1.04 bits per heavy atom. The van der Waals surface area contributed by atoms with Gasteiger partial charge in [-0.2, -0.15) is 0 Å². The van der Waals surface area contributed by atoms with Crippen LogP contribution in [0.3, 0.4) is 0 Å². The first kappa shape index (κ1) is 69.1. The van der Waals surface area contributed by atoms with Gasteiger partial charge in [-0.15, -0.1) is 58.0 Å². The van der Waals surface area contributed by atoms with Gasteiger partial charge in [0.2, 0.25) is 17.7 Å². The van der Waals surface area contributed by atoms with Gasteiger partial charge in [-0.25, -0.2) is 0 Å². The summed E-state index contributed by atoms with van der Waals surface area (Å²) in [5, 5.41) is 23.4. The number of fused-ring (bicyclic) bond motifs is 5. The van der Waals surface area contributed by atoms with E-state index >= 15 is 0 Å². The number of hydrogen-bond acceptors (Lipinski definition) is 15. The van der Waals surface area contributed by atoms with Gasteiger partial charge in [0.25, 0.3) is 23.6 Å². The smallest absolute Gasteiger partial charge is 0.261 e. The number of carbonyl (C=O) groups is 7. The first-order valence-corrected chi connectivity index (χ1v) is 32.7. The van der Waals surface area contributed by atoms with Crippen molar-refractivity contribution in [2.24, 2.45) is 5.73 Å². The molecule has 7 amide bonds. The first-order valence-electron chi connectivity index (χ1n) is 30.2. The lowest BCUT2D eigenvalue weighted by molar-refractivity contribution is -0.118. The zero-order valence-electron chi connectivity index (χ0n) is 50.8. The van der Waals surface area contributed by atoms with Crippen molar-refractivity contribution < 1.29 is 38.7 Å². The second kappa shape index (κ2) is 32.1. The fourth-order valence-corrected chi connectivity index (χ4v) is 14.0. The summed E-state index contributed by atoms with van der Waals surface area (Å²) in [4.78, 5) is 106. The average Bonchev–Trinajstić information content (AvgIpc) is 1.63. The van der Waals surface area contributed by atoms with Crippen LogP contribution >= 0.6 is 58.0 Å². The Hall–Kier alpha value is -9.23. The van der Waals surface area contributed by atoms with Gasteiger partial charge in [0.1, 0.15) is 0 Å². The third-order valence-corrected chi connectivity index (χ3v) is 19.0. The number of halogens is 1. The summed E-state index contributed by atoms with van der Waals surface area (Å²) in [7, 11) is 0. The standard InChI is InChI=1S/C27H23N3O3S.C26H21N3O4S.C19H21N3OS.CH4.HI/c1-2-5-17-8-10-18(11-9-17)22(16-30-26(32)20-6-3-4-7-21(20)27(30)33)25(31)29-24-14-19-12-13-28-15-23(19)34-24;30-12-10-16-5-7-17(8-6-16)21(15-29-25(32)19-3-1-2-4-20(19)26(29)33)24(31)28-23-13-18-9-11-27-14-22(18)34-23;1-2-3-13-4-6-14(7-5-13)16(11-20)19(23)22-18-10-15-8-9-21-12-17(15)24-18;;/h3-4,6-15,22H,2,5,16H2,1H3,(H,29,31);1-9,11,13-14,21,30H,10,12,15H2,(H,28,31);4-10,12,16H,2-3,11,20H2,1H3,(H,22,23);1H4;1H. The van der Waals surface area contributed by atoms with Crippen LogP contribution in [0, 0.1) is 0 Å². The molecular formula is C73H70IN9O8S3. The maximum Gasteiger partial charge on any atom is 0.261 e. The van der Waals surface area contributed by atoms with Gasteiger partial charge in [0.05, 0.1) is 69.1 Å². The average molecular weight is 1420 g/mol. The Kier molecular flexibility index (Phi) is 23.6. The maximum atomic E-state index is 13.5. The number of pyridine rings is 3. The lowest BCUT2D eigenvalue weighted by atomic mass is 9.95. The summed E-state index contributed by atoms with van der Waals surface area (Å²) < 4.78 is 2.97. The summed E-state index contributed by atoms with van der Waals surface area (Å²) >= 11 is 4.37. The lowest BCUT2D eigenvalue weighted by Crippen LogP contribution is -2.38. The molecule has 0 saturated carbocycles. The quantitative estimate of drug-likeness (QED) is 0.0353. The molecule has 11 aromatic rings. The van der Waals surface area contributed by atoms with Gasteiger partial charge in [0.15, 0.2) is 0 Å². The number of nitrogens with two attached hydrogens (primary N) is 1. The summed E-state index contributed by atoms with van der Waals surface area (Å²) in [6, 6.07) is 48.3. The van der Waals surface area contributed by atoms with Crippen LogP contribution < -0.4 is 21.7 Å². The number of anilines is 3. The lowest BCUT2D eigenvalue weighted by Gasteiger charge is -2.22. The van der Waals surface area contributed by atoms with Crippen LogP contribution in [0.1, 0.15) is 127 Å². The molecule has 0 radical (unpaired) electrons. The van der Waals surface area contributed by atoms with Crippen LogP contribution in [0.5, 0.6) is 0 Å². The topological polar surface area (TPSA) is 247 Å². The second-order valence-electron chi connectivity index (χ2n) is 22.2. The number of thiophene rings is 3. The molecule has 0 aliphatic carbocycles. The number of aliphatic hydroxyl groups is 1. The molecule has 0 saturated heterocycles. The van der Waals surface area contributed by atoms with E-state index in [2.05, 4.69) is 56.9 Å². The molecule has 6 N–H and O–H groups in total. The van der Waals surface area contributed by atoms with Crippen LogP contribution in [0.15, 0.2) is 195 Å². The van der Waals surface area contributed by atoms with E-state index < -0.39 is 23.7 Å². The van der Waals surface area contributed by atoms with Crippen LogP contribution in [-0.4, -0.2) is 97.4 Å². The fraction of sp³-hybridized carbons (Fsp3) is 0.205. The monoisotopic (exact) mass is 1420 g/mol. The Labute approximate surface area is 573 Å². The van der Waals surface area contributed by atoms with Gasteiger partial charge in [-0.05, 0) is 129 Å². The van der Waals surface area contributed by atoms with Crippen LogP contribution in [-0.2, 0) is 33.6 Å². The van der Waals surface area contributed by atoms with Crippen molar-refractivity contribution >= 4 is 145 Å². The minimum absolute atomic E-state index is 0. The Morgan fingerprint density at radius 1 is 0.457 bits per heavy atom. The summed E-state index contributed by atoms with van der Waals surface area (Å²) in [5.41, 5.74) is 13.1. The number of imide groups is 2. The van der Waals surface area contributed by atoms with Crippen molar-refractivity contribution in [3.05, 3.63) is 251 Å². The van der Waals surface area contributed by atoms with Crippen molar-refractivity contribution in [2.45, 2.75) is 71.1 Å². The van der Waals surface area contributed by atoms with E-state index in [0.29, 0.717) is 44.2 Å². The largest absolute Gasteiger partial charge is 0.396 e. The first-order chi connectivity index (χ1) is 44.8. The highest BCUT2D eigenvalue weighted by molar-refractivity contribution is 14.0. The number of carbonyl (C=O) groups excluding carboxylic acids is 7. The number of aryl methyl sites for hydroxylation is 2. The number of amides is 7. The molecule has 94 heavy (non-hydrogen) atoms. The van der Waals surface area contributed by atoms with E-state index in [9.17, 15) is 38.7 Å². The summed E-state index contributed by atoms with van der Waals surface area (Å²) in [6.07, 6.45) is 15.1. The predicted octanol–water partition coefficient (Wildman–Crippen LogP) is 14.3. The number of hydrogen-bond donors (Lipinski definition) is 5. The zero-order valence-corrected chi connectivity index (χ0v) is 55.6. The molecule has 3 atom stereocenters. The molecule has 13 rings (SSSR count). The highest BCUT2D eigenvalue weighted by Gasteiger charge is 2.40. The number of benzene rings is 5. The highest BCUT2D eigenvalue weighted by atomic mass is 127. The van der Waals surface area contributed by atoms with E-state index in [0.717, 1.165) is 82.5 Å². The molecule has 8 heterocycles. The van der Waals surface area contributed by atoms with Crippen molar-refractivity contribution in [3.8, 4) is 0 Å². The minimum atomic E-state index is -0.770. The Morgan fingerprint density at radius 2 is 0.755 bits per heavy atom. The summed E-state index contributed by atoms with van der Waals surface area (Å²) in [5.74, 6) is -4.00. The summed E-state index contributed by atoms with van der Waals surface area (Å²) in [6.45, 7) is 4.48. The molecule has 21 heteroatoms. The van der Waals surface area contributed by atoms with Crippen molar-refractivity contribution in [1.29, 1.82) is 0 Å². The number of aromatic nitrogens is 3. The van der Waals surface area contributed by atoms with Gasteiger partial charge >= 0.3 is 0 Å². The molecule has 480 valence electrons. The molecular weight excluding hydrogens is 1350 g/mol. The molecule has 0 bridgehead atoms. The Balaban J connectivity index is 0.000000167. The number of nitrogens with zero attached hydrogens (tertiary/aromatic N) is 5. The van der Waals surface area contributed by atoms with Crippen molar-refractivity contribution in [3.63, 3.8) is 0 Å². The van der Waals surface area contributed by atoms with E-state index in [-0.39, 0.29) is 93.1 Å². The van der Waals surface area contributed by atoms with E-state index in [1.54, 1.807) is 79.5 Å². The SMILES string of the molecule is C.CCCc1ccc(C(CN)C(=O)Nc2cc3ccncc3s2)cc1.CCCc1ccc(C(CN2C(=O)c3ccccc3C2=O)C(=O)Nc2cc3ccncc3s2)cc1.I.O=C(Nc1cc2ccncc2s1)C(CN1C(=O)c2ccccc2C1=O)c1ccc(CCO)cc1. The second-order valence-corrected chi connectivity index (χ2v) is 25.4. The molecule has 6 aromatic heterocycles. The van der Waals surface area contributed by atoms with E-state index in [1.807, 2.05) is 103 Å². The molecule has 3 unspecified atom stereocenters. The molecule has 0 spiro atoms. The number of aliphatic hydroxyl groups excluding tert-OH is 1. The zero-order chi connectivity index (χ0) is 64.3. The van der Waals surface area contributed by atoms with Crippen molar-refractivity contribution in [1.82, 2.24) is 24.8 Å². The van der Waals surface area contributed by atoms with E-state index in [4.69, 9.17) is 5.73 Å². The van der Waals surface area contributed by atoms with E-state index in [1.165, 1.54) is 50.0 Å². The van der Waals surface area contributed by atoms with Gasteiger partial charge in [0, 0.05) is 63.4 Å².